The Labute approximate surface area is 127 Å². The Kier molecular flexibility index (Phi) is 5.55. The van der Waals surface area contributed by atoms with Gasteiger partial charge in [-0.1, -0.05) is 40.7 Å². The molecular weight excluding hydrogens is 322 g/mol. The van der Waals surface area contributed by atoms with Crippen molar-refractivity contribution < 1.29 is 4.42 Å². The molecule has 0 aliphatic rings. The van der Waals surface area contributed by atoms with Crippen LogP contribution in [0.15, 0.2) is 49.2 Å². The molecule has 1 N–H and O–H groups in total. The van der Waals surface area contributed by atoms with E-state index in [4.69, 9.17) is 4.42 Å². The van der Waals surface area contributed by atoms with E-state index in [0.29, 0.717) is 0 Å². The second-order valence-electron chi connectivity index (χ2n) is 4.37. The SMILES string of the molecule is CCCNCc1ccc(Br)cc1Sc1ccoc1C. The largest absolute Gasteiger partial charge is 0.468 e. The van der Waals surface area contributed by atoms with E-state index in [1.165, 1.54) is 15.4 Å². The monoisotopic (exact) mass is 339 g/mol. The Bertz CT molecular complexity index is 539. The van der Waals surface area contributed by atoms with E-state index in [0.717, 1.165) is 29.7 Å². The van der Waals surface area contributed by atoms with Crippen molar-refractivity contribution in [3.05, 3.63) is 46.3 Å². The van der Waals surface area contributed by atoms with Gasteiger partial charge < -0.3 is 9.73 Å². The molecule has 0 bridgehead atoms. The fourth-order valence-corrected chi connectivity index (χ4v) is 3.29. The van der Waals surface area contributed by atoms with Crippen LogP contribution in [-0.4, -0.2) is 6.54 Å². The van der Waals surface area contributed by atoms with E-state index in [-0.39, 0.29) is 0 Å². The number of rotatable bonds is 6. The van der Waals surface area contributed by atoms with Gasteiger partial charge >= 0.3 is 0 Å². The summed E-state index contributed by atoms with van der Waals surface area (Å²) in [5.41, 5.74) is 1.32. The van der Waals surface area contributed by atoms with Crippen molar-refractivity contribution in [3.63, 3.8) is 0 Å². The lowest BCUT2D eigenvalue weighted by Gasteiger charge is -2.10. The van der Waals surface area contributed by atoms with Gasteiger partial charge in [0.05, 0.1) is 11.2 Å². The lowest BCUT2D eigenvalue weighted by Crippen LogP contribution is -2.14. The van der Waals surface area contributed by atoms with Gasteiger partial charge in [-0.3, -0.25) is 0 Å². The average Bonchev–Trinajstić information content (AvgIpc) is 2.78. The van der Waals surface area contributed by atoms with Gasteiger partial charge in [-0.25, -0.2) is 0 Å². The molecule has 0 atom stereocenters. The van der Waals surface area contributed by atoms with Crippen molar-refractivity contribution in [1.82, 2.24) is 5.32 Å². The molecule has 0 aliphatic heterocycles. The van der Waals surface area contributed by atoms with Crippen LogP contribution in [0.5, 0.6) is 0 Å². The van der Waals surface area contributed by atoms with Gasteiger partial charge in [-0.05, 0) is 43.7 Å². The van der Waals surface area contributed by atoms with Gasteiger partial charge in [0.25, 0.3) is 0 Å². The van der Waals surface area contributed by atoms with Gasteiger partial charge in [0.15, 0.2) is 0 Å². The highest BCUT2D eigenvalue weighted by molar-refractivity contribution is 9.10. The van der Waals surface area contributed by atoms with Crippen molar-refractivity contribution in [2.45, 2.75) is 36.6 Å². The van der Waals surface area contributed by atoms with Crippen LogP contribution in [0.1, 0.15) is 24.7 Å². The molecule has 0 radical (unpaired) electrons. The van der Waals surface area contributed by atoms with Crippen LogP contribution >= 0.6 is 27.7 Å². The number of aryl methyl sites for hydroxylation is 1. The molecule has 1 aromatic carbocycles. The molecule has 0 saturated carbocycles. The van der Waals surface area contributed by atoms with Crippen molar-refractivity contribution >= 4 is 27.7 Å². The number of furan rings is 1. The third-order valence-electron chi connectivity index (χ3n) is 2.80. The molecule has 0 amide bonds. The Balaban J connectivity index is 2.17. The fourth-order valence-electron chi connectivity index (χ4n) is 1.77. The molecule has 0 unspecified atom stereocenters. The standard InChI is InChI=1S/C15H18BrNOS/c1-3-7-17-10-12-4-5-13(16)9-15(12)19-14-6-8-18-11(14)2/h4-6,8-9,17H,3,7,10H2,1-2H3. The van der Waals surface area contributed by atoms with E-state index < -0.39 is 0 Å². The number of benzene rings is 1. The summed E-state index contributed by atoms with van der Waals surface area (Å²) in [7, 11) is 0. The van der Waals surface area contributed by atoms with Crippen LogP contribution < -0.4 is 5.32 Å². The quantitative estimate of drug-likeness (QED) is 0.749. The average molecular weight is 340 g/mol. The van der Waals surface area contributed by atoms with Crippen molar-refractivity contribution in [3.8, 4) is 0 Å². The third-order valence-corrected chi connectivity index (χ3v) is 4.54. The van der Waals surface area contributed by atoms with Crippen molar-refractivity contribution in [2.75, 3.05) is 6.54 Å². The lowest BCUT2D eigenvalue weighted by atomic mass is 10.2. The number of halogens is 1. The van der Waals surface area contributed by atoms with Crippen molar-refractivity contribution in [2.24, 2.45) is 0 Å². The molecule has 1 aromatic heterocycles. The van der Waals surface area contributed by atoms with E-state index in [1.807, 2.05) is 13.0 Å². The lowest BCUT2D eigenvalue weighted by molar-refractivity contribution is 0.527. The molecule has 1 heterocycles. The van der Waals surface area contributed by atoms with Crippen LogP contribution in [-0.2, 0) is 6.54 Å². The molecule has 2 aromatic rings. The molecule has 19 heavy (non-hydrogen) atoms. The molecule has 2 rings (SSSR count). The molecule has 0 spiro atoms. The van der Waals surface area contributed by atoms with Gasteiger partial charge in [0.1, 0.15) is 5.76 Å². The summed E-state index contributed by atoms with van der Waals surface area (Å²) in [5.74, 6) is 0.970. The zero-order valence-corrected chi connectivity index (χ0v) is 13.6. The summed E-state index contributed by atoms with van der Waals surface area (Å²) >= 11 is 5.30. The highest BCUT2D eigenvalue weighted by Crippen LogP contribution is 2.34. The second kappa shape index (κ2) is 7.17. The van der Waals surface area contributed by atoms with Crippen LogP contribution in [0, 0.1) is 6.92 Å². The van der Waals surface area contributed by atoms with Crippen LogP contribution in [0.25, 0.3) is 0 Å². The fraction of sp³-hybridized carbons (Fsp3) is 0.333. The van der Waals surface area contributed by atoms with Crippen LogP contribution in [0.3, 0.4) is 0 Å². The summed E-state index contributed by atoms with van der Waals surface area (Å²) in [6.07, 6.45) is 2.89. The summed E-state index contributed by atoms with van der Waals surface area (Å²) in [5, 5.41) is 3.45. The topological polar surface area (TPSA) is 25.2 Å². The molecular formula is C15H18BrNOS. The summed E-state index contributed by atoms with van der Waals surface area (Å²) in [6.45, 7) is 6.12. The highest BCUT2D eigenvalue weighted by atomic mass is 79.9. The number of hydrogen-bond acceptors (Lipinski definition) is 3. The molecule has 4 heteroatoms. The minimum absolute atomic E-state index is 0.903. The Morgan fingerprint density at radius 3 is 2.79 bits per heavy atom. The molecule has 2 nitrogen and oxygen atoms in total. The summed E-state index contributed by atoms with van der Waals surface area (Å²) in [4.78, 5) is 2.44. The van der Waals surface area contributed by atoms with Gasteiger partial charge in [-0.15, -0.1) is 0 Å². The highest BCUT2D eigenvalue weighted by Gasteiger charge is 2.08. The zero-order valence-electron chi connectivity index (χ0n) is 11.2. The summed E-state index contributed by atoms with van der Waals surface area (Å²) in [6, 6.07) is 8.45. The predicted molar refractivity (Wildman–Crippen MR) is 83.7 cm³/mol. The number of nitrogens with one attached hydrogen (secondary N) is 1. The van der Waals surface area contributed by atoms with Gasteiger partial charge in [0, 0.05) is 15.9 Å². The summed E-state index contributed by atoms with van der Waals surface area (Å²) < 4.78 is 6.46. The van der Waals surface area contributed by atoms with Gasteiger partial charge in [0.2, 0.25) is 0 Å². The first-order chi connectivity index (χ1) is 9.20. The van der Waals surface area contributed by atoms with E-state index in [9.17, 15) is 0 Å². The van der Waals surface area contributed by atoms with E-state index in [1.54, 1.807) is 18.0 Å². The van der Waals surface area contributed by atoms with E-state index >= 15 is 0 Å². The van der Waals surface area contributed by atoms with Crippen LogP contribution in [0.2, 0.25) is 0 Å². The maximum absolute atomic E-state index is 5.36. The molecule has 0 saturated heterocycles. The third kappa shape index (κ3) is 4.13. The van der Waals surface area contributed by atoms with E-state index in [2.05, 4.69) is 46.4 Å². The maximum Gasteiger partial charge on any atom is 0.114 e. The first kappa shape index (κ1) is 14.7. The Morgan fingerprint density at radius 1 is 1.26 bits per heavy atom. The minimum atomic E-state index is 0.903. The zero-order chi connectivity index (χ0) is 13.7. The molecule has 102 valence electrons. The van der Waals surface area contributed by atoms with Gasteiger partial charge in [-0.2, -0.15) is 0 Å². The maximum atomic E-state index is 5.36. The molecule has 0 fully saturated rings. The first-order valence-corrected chi connectivity index (χ1v) is 8.02. The van der Waals surface area contributed by atoms with Crippen LogP contribution in [0.4, 0.5) is 0 Å². The Hall–Kier alpha value is -0.710. The predicted octanol–water partition coefficient (Wildman–Crippen LogP) is 5.00. The minimum Gasteiger partial charge on any atom is -0.468 e. The van der Waals surface area contributed by atoms with Crippen molar-refractivity contribution in [1.29, 1.82) is 0 Å². The smallest absolute Gasteiger partial charge is 0.114 e. The number of hydrogen-bond donors (Lipinski definition) is 1. The normalized spacial score (nSPS) is 10.9. The molecule has 0 aliphatic carbocycles. The Morgan fingerprint density at radius 2 is 2.11 bits per heavy atom. The second-order valence-corrected chi connectivity index (χ2v) is 6.37. The first-order valence-electron chi connectivity index (χ1n) is 6.41.